The van der Waals surface area contributed by atoms with Crippen LogP contribution in [0.3, 0.4) is 0 Å². The topological polar surface area (TPSA) is 91.2 Å². The maximum atomic E-state index is 12.4. The number of esters is 1. The Balaban J connectivity index is 1.47. The Kier molecular flexibility index (Phi) is 6.44. The van der Waals surface area contributed by atoms with Crippen molar-refractivity contribution in [3.63, 3.8) is 0 Å². The number of nitrogens with zero attached hydrogens (tertiary/aromatic N) is 2. The number of hydrazone groups is 1. The van der Waals surface area contributed by atoms with Crippen LogP contribution >= 0.6 is 0 Å². The summed E-state index contributed by atoms with van der Waals surface area (Å²) in [5.74, 6) is 0.703. The Morgan fingerprint density at radius 1 is 1.12 bits per heavy atom. The van der Waals surface area contributed by atoms with E-state index in [-0.39, 0.29) is 25.1 Å². The molecule has 1 N–H and O–H groups in total. The van der Waals surface area contributed by atoms with Crippen molar-refractivity contribution in [1.29, 1.82) is 0 Å². The third-order valence-electron chi connectivity index (χ3n) is 5.31. The molecule has 2 heterocycles. The minimum atomic E-state index is -0.369. The van der Waals surface area contributed by atoms with Gasteiger partial charge in [-0.15, -0.1) is 0 Å². The predicted octanol–water partition coefficient (Wildman–Crippen LogP) is 3.69. The number of hydrogen-bond donors (Lipinski definition) is 1. The molecule has 8 nitrogen and oxygen atoms in total. The molecule has 33 heavy (non-hydrogen) atoms. The highest BCUT2D eigenvalue weighted by molar-refractivity contribution is 5.94. The van der Waals surface area contributed by atoms with E-state index in [0.717, 1.165) is 28.2 Å². The monoisotopic (exact) mass is 447 g/mol. The van der Waals surface area contributed by atoms with Gasteiger partial charge in [0, 0.05) is 17.0 Å². The van der Waals surface area contributed by atoms with Gasteiger partial charge in [-0.3, -0.25) is 4.79 Å². The van der Waals surface area contributed by atoms with E-state index in [4.69, 9.17) is 14.2 Å². The van der Waals surface area contributed by atoms with Crippen LogP contribution in [0.1, 0.15) is 39.8 Å². The van der Waals surface area contributed by atoms with Crippen molar-refractivity contribution in [2.24, 2.45) is 5.10 Å². The Hall–Kier alpha value is -4.07. The van der Waals surface area contributed by atoms with Crippen LogP contribution in [0, 0.1) is 13.8 Å². The number of carbonyl (C=O) groups is 2. The van der Waals surface area contributed by atoms with Gasteiger partial charge in [-0.25, -0.2) is 10.2 Å². The minimum Gasteiger partial charge on any atom is -0.462 e. The quantitative estimate of drug-likeness (QED) is 0.339. The van der Waals surface area contributed by atoms with Gasteiger partial charge in [-0.1, -0.05) is 18.2 Å². The van der Waals surface area contributed by atoms with Crippen LogP contribution in [0.2, 0.25) is 0 Å². The first-order valence-corrected chi connectivity index (χ1v) is 10.6. The average molecular weight is 447 g/mol. The van der Waals surface area contributed by atoms with Crippen molar-refractivity contribution in [3.8, 4) is 17.2 Å². The predicted molar refractivity (Wildman–Crippen MR) is 123 cm³/mol. The number of aryl methyl sites for hydroxylation is 1. The number of benzene rings is 2. The maximum absolute atomic E-state index is 12.4. The SMILES string of the molecule is CCOC(=O)c1ccccc1-n1c(C)cc(/C=N\NC(=O)Cc2ccc3c(c2)OCO3)c1C. The van der Waals surface area contributed by atoms with Gasteiger partial charge in [0.15, 0.2) is 11.5 Å². The molecule has 1 amide bonds. The van der Waals surface area contributed by atoms with Crippen LogP contribution in [0.15, 0.2) is 53.6 Å². The normalized spacial score (nSPS) is 12.2. The standard InChI is InChI=1S/C25H25N3O5/c1-4-31-25(30)20-7-5-6-8-21(20)28-16(2)11-19(17(28)3)14-26-27-24(29)13-18-9-10-22-23(12-18)33-15-32-22/h5-12,14H,4,13,15H2,1-3H3,(H,27,29)/b26-14-. The van der Waals surface area contributed by atoms with Gasteiger partial charge >= 0.3 is 5.97 Å². The molecule has 0 spiro atoms. The lowest BCUT2D eigenvalue weighted by Crippen LogP contribution is -2.19. The van der Waals surface area contributed by atoms with E-state index >= 15 is 0 Å². The van der Waals surface area contributed by atoms with Crippen molar-refractivity contribution in [1.82, 2.24) is 9.99 Å². The zero-order valence-electron chi connectivity index (χ0n) is 18.8. The van der Waals surface area contributed by atoms with E-state index < -0.39 is 0 Å². The molecule has 0 bridgehead atoms. The second-order valence-corrected chi connectivity index (χ2v) is 7.56. The highest BCUT2D eigenvalue weighted by atomic mass is 16.7. The molecule has 4 rings (SSSR count). The lowest BCUT2D eigenvalue weighted by Gasteiger charge is -2.14. The molecule has 0 fully saturated rings. The number of nitrogens with one attached hydrogen (secondary N) is 1. The highest BCUT2D eigenvalue weighted by Gasteiger charge is 2.18. The first kappa shape index (κ1) is 22.1. The van der Waals surface area contributed by atoms with Crippen molar-refractivity contribution in [2.75, 3.05) is 13.4 Å². The van der Waals surface area contributed by atoms with E-state index in [1.54, 1.807) is 31.3 Å². The average Bonchev–Trinajstić information content (AvgIpc) is 3.37. The Labute approximate surface area is 191 Å². The first-order valence-electron chi connectivity index (χ1n) is 10.6. The summed E-state index contributed by atoms with van der Waals surface area (Å²) < 4.78 is 17.8. The number of para-hydroxylation sites is 1. The second-order valence-electron chi connectivity index (χ2n) is 7.56. The molecule has 0 aliphatic carbocycles. The molecule has 3 aromatic rings. The summed E-state index contributed by atoms with van der Waals surface area (Å²) in [7, 11) is 0. The van der Waals surface area contributed by atoms with Gasteiger partial charge in [-0.2, -0.15) is 5.10 Å². The molecule has 0 unspecified atom stereocenters. The zero-order chi connectivity index (χ0) is 23.4. The third kappa shape index (κ3) is 4.74. The molecule has 0 saturated carbocycles. The summed E-state index contributed by atoms with van der Waals surface area (Å²) in [5.41, 5.74) is 7.24. The van der Waals surface area contributed by atoms with Gasteiger partial charge in [0.05, 0.1) is 30.5 Å². The van der Waals surface area contributed by atoms with Gasteiger partial charge in [0.2, 0.25) is 12.7 Å². The number of amides is 1. The Bertz CT molecular complexity index is 1230. The molecule has 0 atom stereocenters. The highest BCUT2D eigenvalue weighted by Crippen LogP contribution is 2.32. The van der Waals surface area contributed by atoms with Crippen LogP contribution in [0.5, 0.6) is 11.5 Å². The fourth-order valence-electron chi connectivity index (χ4n) is 3.79. The number of carbonyl (C=O) groups excluding carboxylic acids is 2. The van der Waals surface area contributed by atoms with Crippen molar-refractivity contribution < 1.29 is 23.8 Å². The summed E-state index contributed by atoms with van der Waals surface area (Å²) in [4.78, 5) is 24.7. The number of ether oxygens (including phenoxy) is 3. The largest absolute Gasteiger partial charge is 0.462 e. The second kappa shape index (κ2) is 9.60. The zero-order valence-corrected chi connectivity index (χ0v) is 18.8. The molecular formula is C25H25N3O5. The lowest BCUT2D eigenvalue weighted by atomic mass is 10.1. The molecule has 0 radical (unpaired) electrons. The van der Waals surface area contributed by atoms with E-state index in [2.05, 4.69) is 10.5 Å². The summed E-state index contributed by atoms with van der Waals surface area (Å²) in [6, 6.07) is 14.7. The number of fused-ring (bicyclic) bond motifs is 1. The summed E-state index contributed by atoms with van der Waals surface area (Å²) in [6.45, 7) is 6.16. The van der Waals surface area contributed by atoms with Crippen LogP contribution in [-0.2, 0) is 16.0 Å². The molecule has 1 aromatic heterocycles. The van der Waals surface area contributed by atoms with Gasteiger partial charge in [0.1, 0.15) is 0 Å². The van der Waals surface area contributed by atoms with E-state index in [1.807, 2.05) is 48.7 Å². The minimum absolute atomic E-state index is 0.167. The smallest absolute Gasteiger partial charge is 0.340 e. The number of aromatic nitrogens is 1. The summed E-state index contributed by atoms with van der Waals surface area (Å²) in [5, 5.41) is 4.12. The van der Waals surface area contributed by atoms with Gasteiger partial charge in [0.25, 0.3) is 0 Å². The third-order valence-corrected chi connectivity index (χ3v) is 5.31. The van der Waals surface area contributed by atoms with Crippen LogP contribution < -0.4 is 14.9 Å². The van der Waals surface area contributed by atoms with E-state index in [9.17, 15) is 9.59 Å². The first-order chi connectivity index (χ1) is 16.0. The van der Waals surface area contributed by atoms with Crippen LogP contribution in [0.4, 0.5) is 0 Å². The van der Waals surface area contributed by atoms with E-state index in [1.165, 1.54) is 0 Å². The molecule has 8 heteroatoms. The van der Waals surface area contributed by atoms with Crippen molar-refractivity contribution >= 4 is 18.1 Å². The summed E-state index contributed by atoms with van der Waals surface area (Å²) in [6.07, 6.45) is 1.77. The maximum Gasteiger partial charge on any atom is 0.340 e. The Morgan fingerprint density at radius 3 is 2.73 bits per heavy atom. The van der Waals surface area contributed by atoms with Crippen molar-refractivity contribution in [2.45, 2.75) is 27.2 Å². The lowest BCUT2D eigenvalue weighted by molar-refractivity contribution is -0.120. The van der Waals surface area contributed by atoms with Crippen LogP contribution in [0.25, 0.3) is 5.69 Å². The Morgan fingerprint density at radius 2 is 1.91 bits per heavy atom. The van der Waals surface area contributed by atoms with Crippen LogP contribution in [-0.4, -0.2) is 36.1 Å². The summed E-state index contributed by atoms with van der Waals surface area (Å²) >= 11 is 0. The molecule has 1 aliphatic heterocycles. The molecular weight excluding hydrogens is 422 g/mol. The van der Waals surface area contributed by atoms with Gasteiger partial charge < -0.3 is 18.8 Å². The number of rotatable bonds is 7. The fraction of sp³-hybridized carbons (Fsp3) is 0.240. The number of hydrogen-bond acceptors (Lipinski definition) is 6. The van der Waals surface area contributed by atoms with Crippen molar-refractivity contribution in [3.05, 3.63) is 76.6 Å². The van der Waals surface area contributed by atoms with Gasteiger partial charge in [-0.05, 0) is 56.7 Å². The molecule has 170 valence electrons. The molecule has 1 aliphatic rings. The molecule has 0 saturated heterocycles. The fourth-order valence-corrected chi connectivity index (χ4v) is 3.79. The molecule has 2 aromatic carbocycles. The van der Waals surface area contributed by atoms with E-state index in [0.29, 0.717) is 23.7 Å².